The average Bonchev–Trinajstić information content (AvgIpc) is 2.75. The predicted octanol–water partition coefficient (Wildman–Crippen LogP) is 3.03. The van der Waals surface area contributed by atoms with Gasteiger partial charge >= 0.3 is 0 Å². The Bertz CT molecular complexity index is 411. The molecule has 0 aliphatic carbocycles. The van der Waals surface area contributed by atoms with Gasteiger partial charge in [0.1, 0.15) is 5.69 Å². The summed E-state index contributed by atoms with van der Waals surface area (Å²) in [5.74, 6) is 0.896. The van der Waals surface area contributed by atoms with Crippen LogP contribution in [-0.4, -0.2) is 15.3 Å². The molecule has 1 heterocycles. The van der Waals surface area contributed by atoms with Gasteiger partial charge in [-0.3, -0.25) is 0 Å². The smallest absolute Gasteiger partial charge is 0.168 e. The number of nitrogens with zero attached hydrogens (tertiary/aromatic N) is 2. The van der Waals surface area contributed by atoms with Crippen LogP contribution in [0, 0.1) is 0 Å². The fourth-order valence-electron chi connectivity index (χ4n) is 1.33. The van der Waals surface area contributed by atoms with E-state index < -0.39 is 0 Å². The number of hydrogen-bond acceptors (Lipinski definition) is 4. The monoisotopic (exact) mass is 219 g/mol. The van der Waals surface area contributed by atoms with Crippen molar-refractivity contribution in [2.75, 3.05) is 11.9 Å². The lowest BCUT2D eigenvalue weighted by molar-refractivity contribution is 0.974. The minimum absolute atomic E-state index is 0.896. The van der Waals surface area contributed by atoms with E-state index in [0.717, 1.165) is 30.0 Å². The van der Waals surface area contributed by atoms with Crippen molar-refractivity contribution in [1.82, 2.24) is 8.75 Å². The topological polar surface area (TPSA) is 37.8 Å². The Morgan fingerprint density at radius 1 is 1.20 bits per heavy atom. The van der Waals surface area contributed by atoms with E-state index in [9.17, 15) is 0 Å². The Hall–Kier alpha value is -1.42. The van der Waals surface area contributed by atoms with Crippen LogP contribution < -0.4 is 5.32 Å². The van der Waals surface area contributed by atoms with Gasteiger partial charge in [-0.05, 0) is 6.42 Å². The molecular weight excluding hydrogens is 206 g/mol. The van der Waals surface area contributed by atoms with Crippen molar-refractivity contribution < 1.29 is 0 Å². The molecule has 1 aromatic carbocycles. The van der Waals surface area contributed by atoms with Gasteiger partial charge in [0.15, 0.2) is 5.82 Å². The quantitative estimate of drug-likeness (QED) is 0.859. The number of aromatic nitrogens is 2. The molecule has 1 N–H and O–H groups in total. The second-order valence-corrected chi connectivity index (χ2v) is 3.78. The third-order valence-electron chi connectivity index (χ3n) is 2.08. The number of nitrogens with one attached hydrogen (secondary N) is 1. The van der Waals surface area contributed by atoms with Crippen LogP contribution in [0.25, 0.3) is 11.3 Å². The summed E-state index contributed by atoms with van der Waals surface area (Å²) >= 11 is 1.25. The minimum Gasteiger partial charge on any atom is -0.367 e. The summed E-state index contributed by atoms with van der Waals surface area (Å²) in [5.41, 5.74) is 2.07. The van der Waals surface area contributed by atoms with Crippen molar-refractivity contribution in [2.45, 2.75) is 13.3 Å². The first-order valence-electron chi connectivity index (χ1n) is 5.03. The zero-order valence-corrected chi connectivity index (χ0v) is 9.42. The van der Waals surface area contributed by atoms with Gasteiger partial charge in [0.2, 0.25) is 0 Å². The standard InChI is InChI=1S/C11H13N3S/c1-2-8-12-11-10(13-15-14-11)9-6-4-3-5-7-9/h3-7H,2,8H2,1H3,(H,12,14). The third-order valence-corrected chi connectivity index (χ3v) is 2.61. The highest BCUT2D eigenvalue weighted by atomic mass is 32.1. The largest absolute Gasteiger partial charge is 0.367 e. The molecule has 0 saturated heterocycles. The van der Waals surface area contributed by atoms with Crippen LogP contribution in [-0.2, 0) is 0 Å². The first kappa shape index (κ1) is 10.1. The molecule has 78 valence electrons. The highest BCUT2D eigenvalue weighted by Gasteiger charge is 2.08. The molecule has 0 aliphatic rings. The zero-order valence-electron chi connectivity index (χ0n) is 8.60. The van der Waals surface area contributed by atoms with Gasteiger partial charge in [-0.25, -0.2) is 0 Å². The summed E-state index contributed by atoms with van der Waals surface area (Å²) in [6.45, 7) is 3.07. The van der Waals surface area contributed by atoms with E-state index in [1.165, 1.54) is 11.7 Å². The molecule has 0 saturated carbocycles. The maximum absolute atomic E-state index is 4.31. The molecule has 1 aromatic heterocycles. The van der Waals surface area contributed by atoms with Crippen molar-refractivity contribution in [3.05, 3.63) is 30.3 Å². The molecule has 15 heavy (non-hydrogen) atoms. The maximum Gasteiger partial charge on any atom is 0.168 e. The summed E-state index contributed by atoms with van der Waals surface area (Å²) < 4.78 is 8.56. The fraction of sp³-hybridized carbons (Fsp3) is 0.273. The van der Waals surface area contributed by atoms with Gasteiger partial charge in [0.05, 0.1) is 11.7 Å². The van der Waals surface area contributed by atoms with Gasteiger partial charge < -0.3 is 5.32 Å². The van der Waals surface area contributed by atoms with Crippen molar-refractivity contribution in [3.8, 4) is 11.3 Å². The van der Waals surface area contributed by atoms with E-state index in [1.54, 1.807) is 0 Å². The van der Waals surface area contributed by atoms with Crippen LogP contribution in [0.15, 0.2) is 30.3 Å². The van der Waals surface area contributed by atoms with Crippen LogP contribution in [0.4, 0.5) is 5.82 Å². The first-order valence-corrected chi connectivity index (χ1v) is 5.76. The van der Waals surface area contributed by atoms with Crippen LogP contribution >= 0.6 is 11.7 Å². The molecule has 4 heteroatoms. The highest BCUT2D eigenvalue weighted by Crippen LogP contribution is 2.25. The first-order chi connectivity index (χ1) is 7.42. The van der Waals surface area contributed by atoms with Crippen LogP contribution in [0.1, 0.15) is 13.3 Å². The molecule has 0 bridgehead atoms. The summed E-state index contributed by atoms with van der Waals surface area (Å²) in [5, 5.41) is 3.28. The molecule has 0 radical (unpaired) electrons. The zero-order chi connectivity index (χ0) is 10.5. The molecule has 0 fully saturated rings. The summed E-state index contributed by atoms with van der Waals surface area (Å²) in [4.78, 5) is 0. The minimum atomic E-state index is 0.896. The number of anilines is 1. The Morgan fingerprint density at radius 3 is 2.73 bits per heavy atom. The molecule has 3 nitrogen and oxygen atoms in total. The average molecular weight is 219 g/mol. The summed E-state index contributed by atoms with van der Waals surface area (Å²) in [6, 6.07) is 10.1. The maximum atomic E-state index is 4.31. The van der Waals surface area contributed by atoms with Gasteiger partial charge in [-0.2, -0.15) is 8.75 Å². The Morgan fingerprint density at radius 2 is 2.00 bits per heavy atom. The van der Waals surface area contributed by atoms with Crippen LogP contribution in [0.3, 0.4) is 0 Å². The van der Waals surface area contributed by atoms with Crippen molar-refractivity contribution in [2.24, 2.45) is 0 Å². The molecule has 0 amide bonds. The van der Waals surface area contributed by atoms with Gasteiger partial charge in [0.25, 0.3) is 0 Å². The number of hydrogen-bond donors (Lipinski definition) is 1. The van der Waals surface area contributed by atoms with Crippen molar-refractivity contribution in [1.29, 1.82) is 0 Å². The van der Waals surface area contributed by atoms with E-state index >= 15 is 0 Å². The normalized spacial score (nSPS) is 10.2. The molecule has 0 spiro atoms. The molecule has 2 rings (SSSR count). The Balaban J connectivity index is 2.25. The lowest BCUT2D eigenvalue weighted by Gasteiger charge is -2.02. The Labute approximate surface area is 93.5 Å². The second-order valence-electron chi connectivity index (χ2n) is 3.25. The van der Waals surface area contributed by atoms with E-state index in [-0.39, 0.29) is 0 Å². The van der Waals surface area contributed by atoms with Gasteiger partial charge in [0, 0.05) is 12.1 Å². The van der Waals surface area contributed by atoms with Crippen LogP contribution in [0.2, 0.25) is 0 Å². The van der Waals surface area contributed by atoms with E-state index in [0.29, 0.717) is 0 Å². The summed E-state index contributed by atoms with van der Waals surface area (Å²) in [7, 11) is 0. The molecule has 0 unspecified atom stereocenters. The molecule has 0 aliphatic heterocycles. The summed E-state index contributed by atoms with van der Waals surface area (Å²) in [6.07, 6.45) is 1.09. The number of benzene rings is 1. The second kappa shape index (κ2) is 4.89. The highest BCUT2D eigenvalue weighted by molar-refractivity contribution is 6.99. The third kappa shape index (κ3) is 2.33. The predicted molar refractivity (Wildman–Crippen MR) is 64.1 cm³/mol. The van der Waals surface area contributed by atoms with E-state index in [1.807, 2.05) is 30.3 Å². The lowest BCUT2D eigenvalue weighted by Crippen LogP contribution is -2.01. The Kier molecular flexibility index (Phi) is 3.29. The molecule has 0 atom stereocenters. The lowest BCUT2D eigenvalue weighted by atomic mass is 10.1. The van der Waals surface area contributed by atoms with Crippen molar-refractivity contribution in [3.63, 3.8) is 0 Å². The SMILES string of the molecule is CCCNc1nsnc1-c1ccccc1. The fourth-order valence-corrected chi connectivity index (χ4v) is 1.88. The molecular formula is C11H13N3S. The molecule has 2 aromatic rings. The van der Waals surface area contributed by atoms with Gasteiger partial charge in [-0.1, -0.05) is 37.3 Å². The van der Waals surface area contributed by atoms with E-state index in [4.69, 9.17) is 0 Å². The van der Waals surface area contributed by atoms with Crippen molar-refractivity contribution >= 4 is 17.5 Å². The van der Waals surface area contributed by atoms with Gasteiger partial charge in [-0.15, -0.1) is 0 Å². The number of rotatable bonds is 4. The van der Waals surface area contributed by atoms with Crippen LogP contribution in [0.5, 0.6) is 0 Å². The van der Waals surface area contributed by atoms with E-state index in [2.05, 4.69) is 21.0 Å².